The lowest BCUT2D eigenvalue weighted by Crippen LogP contribution is -2.25. The number of hydrogen-bond acceptors (Lipinski definition) is 7. The van der Waals surface area contributed by atoms with Crippen LogP contribution < -0.4 is 17.2 Å². The van der Waals surface area contributed by atoms with Crippen LogP contribution in [-0.4, -0.2) is 27.3 Å². The van der Waals surface area contributed by atoms with E-state index >= 15 is 0 Å². The van der Waals surface area contributed by atoms with Gasteiger partial charge in [-0.25, -0.2) is 0 Å². The van der Waals surface area contributed by atoms with Crippen LogP contribution in [0.15, 0.2) is 4.52 Å². The van der Waals surface area contributed by atoms with Crippen LogP contribution in [0.1, 0.15) is 37.1 Å². The summed E-state index contributed by atoms with van der Waals surface area (Å²) in [5.41, 5.74) is 16.1. The SMILES string of the molecule is C[C@@H](O)C(N)c1noc([C@H](N)CC(N)=O)n1. The fraction of sp³-hybridized carbons (Fsp3) is 0.625. The van der Waals surface area contributed by atoms with Gasteiger partial charge in [-0.1, -0.05) is 5.16 Å². The lowest BCUT2D eigenvalue weighted by Gasteiger charge is -2.08. The molecule has 0 saturated heterocycles. The first-order valence-electron chi connectivity index (χ1n) is 4.73. The lowest BCUT2D eigenvalue weighted by atomic mass is 10.2. The fourth-order valence-corrected chi connectivity index (χ4v) is 1.05. The van der Waals surface area contributed by atoms with E-state index < -0.39 is 24.1 Å². The Morgan fingerprint density at radius 1 is 1.56 bits per heavy atom. The quantitative estimate of drug-likeness (QED) is 0.470. The standard InChI is InChI=1S/C8H15N5O3/c1-3(14)6(11)7-12-8(16-13-7)4(9)2-5(10)15/h3-4,6,14H,2,9,11H2,1H3,(H2,10,15)/t3-,4-,6?/m1/s1. The molecule has 8 heteroatoms. The molecule has 1 heterocycles. The molecule has 0 fully saturated rings. The summed E-state index contributed by atoms with van der Waals surface area (Å²) in [4.78, 5) is 14.5. The zero-order valence-corrected chi connectivity index (χ0v) is 8.83. The number of primary amides is 1. The van der Waals surface area contributed by atoms with Crippen molar-refractivity contribution in [2.24, 2.45) is 17.2 Å². The van der Waals surface area contributed by atoms with E-state index in [0.717, 1.165) is 0 Å². The molecule has 16 heavy (non-hydrogen) atoms. The van der Waals surface area contributed by atoms with Crippen LogP contribution in [0.25, 0.3) is 0 Å². The monoisotopic (exact) mass is 229 g/mol. The Hall–Kier alpha value is -1.51. The Labute approximate surface area is 91.8 Å². The molecular formula is C8H15N5O3. The number of aromatic nitrogens is 2. The molecule has 90 valence electrons. The molecule has 0 aliphatic rings. The van der Waals surface area contributed by atoms with Gasteiger partial charge in [0.2, 0.25) is 11.8 Å². The molecule has 7 N–H and O–H groups in total. The zero-order chi connectivity index (χ0) is 12.3. The predicted octanol–water partition coefficient (Wildman–Crippen LogP) is -1.67. The van der Waals surface area contributed by atoms with Gasteiger partial charge in [-0.15, -0.1) is 0 Å². The van der Waals surface area contributed by atoms with Crippen molar-refractivity contribution < 1.29 is 14.4 Å². The van der Waals surface area contributed by atoms with Crippen molar-refractivity contribution in [2.45, 2.75) is 31.5 Å². The van der Waals surface area contributed by atoms with Gasteiger partial charge in [0.1, 0.15) is 0 Å². The van der Waals surface area contributed by atoms with Crippen molar-refractivity contribution in [1.29, 1.82) is 0 Å². The maximum absolute atomic E-state index is 10.6. The molecule has 0 bridgehead atoms. The third-order valence-corrected chi connectivity index (χ3v) is 2.01. The highest BCUT2D eigenvalue weighted by Crippen LogP contribution is 2.15. The van der Waals surface area contributed by atoms with Gasteiger partial charge < -0.3 is 26.8 Å². The molecule has 0 aliphatic heterocycles. The third kappa shape index (κ3) is 2.99. The van der Waals surface area contributed by atoms with Gasteiger partial charge in [0, 0.05) is 0 Å². The molecule has 1 aromatic rings. The van der Waals surface area contributed by atoms with Crippen molar-refractivity contribution in [1.82, 2.24) is 10.1 Å². The molecule has 8 nitrogen and oxygen atoms in total. The highest BCUT2D eigenvalue weighted by molar-refractivity contribution is 5.74. The highest BCUT2D eigenvalue weighted by Gasteiger charge is 2.22. The maximum atomic E-state index is 10.6. The number of carbonyl (C=O) groups excluding carboxylic acids is 1. The van der Waals surface area contributed by atoms with E-state index in [0.29, 0.717) is 0 Å². The van der Waals surface area contributed by atoms with E-state index in [1.807, 2.05) is 0 Å². The van der Waals surface area contributed by atoms with Gasteiger partial charge in [-0.05, 0) is 6.92 Å². The summed E-state index contributed by atoms with van der Waals surface area (Å²) in [7, 11) is 0. The average molecular weight is 229 g/mol. The second kappa shape index (κ2) is 5.01. The summed E-state index contributed by atoms with van der Waals surface area (Å²) >= 11 is 0. The van der Waals surface area contributed by atoms with E-state index in [1.165, 1.54) is 6.92 Å². The van der Waals surface area contributed by atoms with Crippen LogP contribution in [0.4, 0.5) is 0 Å². The van der Waals surface area contributed by atoms with E-state index in [9.17, 15) is 9.90 Å². The molecule has 1 unspecified atom stereocenters. The summed E-state index contributed by atoms with van der Waals surface area (Å²) in [6.45, 7) is 1.50. The minimum absolute atomic E-state index is 0.0740. The van der Waals surface area contributed by atoms with E-state index in [1.54, 1.807) is 0 Å². The van der Waals surface area contributed by atoms with Crippen LogP contribution in [-0.2, 0) is 4.79 Å². The maximum Gasteiger partial charge on any atom is 0.244 e. The van der Waals surface area contributed by atoms with Crippen molar-refractivity contribution >= 4 is 5.91 Å². The number of aliphatic hydroxyl groups excluding tert-OH is 1. The first-order valence-corrected chi connectivity index (χ1v) is 4.73. The Morgan fingerprint density at radius 2 is 2.19 bits per heavy atom. The minimum atomic E-state index is -0.808. The van der Waals surface area contributed by atoms with Gasteiger partial charge in [0.25, 0.3) is 0 Å². The topological polar surface area (TPSA) is 154 Å². The number of hydrogen-bond donors (Lipinski definition) is 4. The number of amides is 1. The highest BCUT2D eigenvalue weighted by atomic mass is 16.5. The second-order valence-corrected chi connectivity index (χ2v) is 3.53. The van der Waals surface area contributed by atoms with E-state index in [2.05, 4.69) is 10.1 Å². The van der Waals surface area contributed by atoms with Crippen LogP contribution in [0, 0.1) is 0 Å². The molecule has 0 saturated carbocycles. The molecule has 0 radical (unpaired) electrons. The molecule has 0 aromatic carbocycles. The van der Waals surface area contributed by atoms with Gasteiger partial charge in [-0.2, -0.15) is 4.98 Å². The molecule has 0 spiro atoms. The first kappa shape index (κ1) is 12.6. The number of nitrogens with zero attached hydrogens (tertiary/aromatic N) is 2. The van der Waals surface area contributed by atoms with Gasteiger partial charge in [-0.3, -0.25) is 4.79 Å². The molecular weight excluding hydrogens is 214 g/mol. The van der Waals surface area contributed by atoms with Crippen molar-refractivity contribution in [3.63, 3.8) is 0 Å². The lowest BCUT2D eigenvalue weighted by molar-refractivity contribution is -0.118. The second-order valence-electron chi connectivity index (χ2n) is 3.53. The zero-order valence-electron chi connectivity index (χ0n) is 8.83. The predicted molar refractivity (Wildman–Crippen MR) is 53.6 cm³/mol. The Balaban J connectivity index is 2.74. The number of nitrogens with two attached hydrogens (primary N) is 3. The first-order chi connectivity index (χ1) is 7.41. The average Bonchev–Trinajstić information content (AvgIpc) is 2.63. The Morgan fingerprint density at radius 3 is 2.69 bits per heavy atom. The number of aliphatic hydroxyl groups is 1. The van der Waals surface area contributed by atoms with E-state index in [4.69, 9.17) is 21.7 Å². The van der Waals surface area contributed by atoms with Crippen LogP contribution >= 0.6 is 0 Å². The fourth-order valence-electron chi connectivity index (χ4n) is 1.05. The summed E-state index contributed by atoms with van der Waals surface area (Å²) in [5, 5.41) is 12.8. The van der Waals surface area contributed by atoms with Gasteiger partial charge >= 0.3 is 0 Å². The van der Waals surface area contributed by atoms with Crippen molar-refractivity contribution in [2.75, 3.05) is 0 Å². The Bertz CT molecular complexity index is 364. The van der Waals surface area contributed by atoms with E-state index in [-0.39, 0.29) is 18.1 Å². The summed E-state index contributed by atoms with van der Waals surface area (Å²) in [6.07, 6.45) is -0.899. The summed E-state index contributed by atoms with van der Waals surface area (Å²) in [5.74, 6) is -0.345. The van der Waals surface area contributed by atoms with Crippen LogP contribution in [0.5, 0.6) is 0 Å². The van der Waals surface area contributed by atoms with Crippen LogP contribution in [0.3, 0.4) is 0 Å². The molecule has 0 aliphatic carbocycles. The largest absolute Gasteiger partial charge is 0.391 e. The molecule has 1 amide bonds. The molecule has 3 atom stereocenters. The smallest absolute Gasteiger partial charge is 0.244 e. The van der Waals surface area contributed by atoms with Crippen molar-refractivity contribution in [3.8, 4) is 0 Å². The summed E-state index contributed by atoms with van der Waals surface area (Å²) in [6, 6.07) is -1.50. The van der Waals surface area contributed by atoms with Gasteiger partial charge in [0.05, 0.1) is 24.6 Å². The Kier molecular flexibility index (Phi) is 3.93. The third-order valence-electron chi connectivity index (χ3n) is 2.01. The normalized spacial score (nSPS) is 16.8. The summed E-state index contributed by atoms with van der Waals surface area (Å²) < 4.78 is 4.81. The van der Waals surface area contributed by atoms with Crippen molar-refractivity contribution in [3.05, 3.63) is 11.7 Å². The number of carbonyl (C=O) groups is 1. The molecule has 1 aromatic heterocycles. The number of rotatable bonds is 5. The minimum Gasteiger partial charge on any atom is -0.391 e. The van der Waals surface area contributed by atoms with Crippen LogP contribution in [0.2, 0.25) is 0 Å². The van der Waals surface area contributed by atoms with Gasteiger partial charge in [0.15, 0.2) is 5.82 Å². The molecule has 1 rings (SSSR count).